The SMILES string of the molecule is O.O.O.O.OB(O)O. The van der Waals surface area contributed by atoms with Crippen LogP contribution in [0.25, 0.3) is 0 Å². The van der Waals surface area contributed by atoms with Gasteiger partial charge in [0.1, 0.15) is 0 Å². The summed E-state index contributed by atoms with van der Waals surface area (Å²) in [6, 6.07) is 0. The van der Waals surface area contributed by atoms with Crippen molar-refractivity contribution in [2.24, 2.45) is 0 Å². The van der Waals surface area contributed by atoms with Gasteiger partial charge in [0, 0.05) is 0 Å². The monoisotopic (exact) mass is 134 g/mol. The molecule has 0 bridgehead atoms. The van der Waals surface area contributed by atoms with Crippen LogP contribution in [0.2, 0.25) is 0 Å². The van der Waals surface area contributed by atoms with Gasteiger partial charge in [-0.2, -0.15) is 0 Å². The minimum absolute atomic E-state index is 0. The van der Waals surface area contributed by atoms with Crippen molar-refractivity contribution in [3.05, 3.63) is 0 Å². The van der Waals surface area contributed by atoms with Crippen molar-refractivity contribution in [2.45, 2.75) is 0 Å². The van der Waals surface area contributed by atoms with Gasteiger partial charge in [0.2, 0.25) is 0 Å². The highest BCUT2D eigenvalue weighted by Crippen LogP contribution is 1.40. The van der Waals surface area contributed by atoms with E-state index in [-0.39, 0.29) is 21.9 Å². The number of hydrogen-bond donors (Lipinski definition) is 3. The van der Waals surface area contributed by atoms with Gasteiger partial charge in [-0.3, -0.25) is 0 Å². The van der Waals surface area contributed by atoms with Crippen LogP contribution in [0.1, 0.15) is 0 Å². The molecule has 0 aliphatic rings. The van der Waals surface area contributed by atoms with Crippen molar-refractivity contribution >= 4 is 7.32 Å². The summed E-state index contributed by atoms with van der Waals surface area (Å²) in [6.07, 6.45) is 0. The smallest absolute Gasteiger partial charge is 0.412 e. The second-order valence-corrected chi connectivity index (χ2v) is 0.346. The second-order valence-electron chi connectivity index (χ2n) is 0.346. The first-order valence-electron chi connectivity index (χ1n) is 0.775. The molecule has 0 fully saturated rings. The average Bonchev–Trinajstić information content (AvgIpc) is 0.811. The molecule has 0 atom stereocenters. The molecular weight excluding hydrogens is 123 g/mol. The zero-order chi connectivity index (χ0) is 3.58. The maximum absolute atomic E-state index is 7.17. The Morgan fingerprint density at radius 3 is 0.625 bits per heavy atom. The van der Waals surface area contributed by atoms with E-state index < -0.39 is 7.32 Å². The van der Waals surface area contributed by atoms with E-state index in [1.807, 2.05) is 0 Å². The fourth-order valence-corrected chi connectivity index (χ4v) is 0. The normalized spacial score (nSPS) is 3.38. The molecule has 0 saturated heterocycles. The van der Waals surface area contributed by atoms with Crippen molar-refractivity contribution in [1.29, 1.82) is 0 Å². The fourth-order valence-electron chi connectivity index (χ4n) is 0. The van der Waals surface area contributed by atoms with Crippen LogP contribution >= 0.6 is 0 Å². The molecule has 7 nitrogen and oxygen atoms in total. The molecule has 56 valence electrons. The van der Waals surface area contributed by atoms with Crippen LogP contribution in [0, 0.1) is 0 Å². The first kappa shape index (κ1) is 46.2. The standard InChI is InChI=1S/BH3O3.4H2O/c2-1(3)4;;;;/h2-4H;4*1H2. The van der Waals surface area contributed by atoms with Crippen LogP contribution in [-0.4, -0.2) is 44.3 Å². The summed E-state index contributed by atoms with van der Waals surface area (Å²) < 4.78 is 0. The molecule has 0 spiro atoms. The summed E-state index contributed by atoms with van der Waals surface area (Å²) in [5.41, 5.74) is 0. The van der Waals surface area contributed by atoms with Gasteiger partial charge in [-0.1, -0.05) is 0 Å². The average molecular weight is 134 g/mol. The van der Waals surface area contributed by atoms with Crippen molar-refractivity contribution in [1.82, 2.24) is 0 Å². The van der Waals surface area contributed by atoms with Crippen LogP contribution < -0.4 is 0 Å². The van der Waals surface area contributed by atoms with Crippen molar-refractivity contribution in [3.8, 4) is 0 Å². The zero-order valence-corrected chi connectivity index (χ0v) is 3.92. The Labute approximate surface area is 45.6 Å². The van der Waals surface area contributed by atoms with Crippen LogP contribution in [-0.2, 0) is 0 Å². The summed E-state index contributed by atoms with van der Waals surface area (Å²) in [4.78, 5) is 0. The maximum Gasteiger partial charge on any atom is 0.631 e. The molecular formula is H11BO7. The third-order valence-corrected chi connectivity index (χ3v) is 0. The molecule has 0 aromatic heterocycles. The van der Waals surface area contributed by atoms with Gasteiger partial charge in [-0.05, 0) is 0 Å². The molecule has 0 aromatic carbocycles. The third kappa shape index (κ3) is 2860. The summed E-state index contributed by atoms with van der Waals surface area (Å²) in [5.74, 6) is 0. The maximum atomic E-state index is 7.17. The van der Waals surface area contributed by atoms with Crippen LogP contribution in [0.4, 0.5) is 0 Å². The quantitative estimate of drug-likeness (QED) is 0.279. The Bertz CT molecular complexity index is 9.10. The van der Waals surface area contributed by atoms with Gasteiger partial charge in [0.25, 0.3) is 0 Å². The fraction of sp³-hybridized carbons (Fsp3) is 0. The lowest BCUT2D eigenvalue weighted by Crippen LogP contribution is -2.07. The van der Waals surface area contributed by atoms with E-state index in [2.05, 4.69) is 0 Å². The molecule has 0 aliphatic heterocycles. The molecule has 0 aromatic rings. The van der Waals surface area contributed by atoms with Gasteiger partial charge in [0.15, 0.2) is 0 Å². The molecule has 0 rings (SSSR count). The van der Waals surface area contributed by atoms with E-state index in [1.54, 1.807) is 0 Å². The lowest BCUT2D eigenvalue weighted by Gasteiger charge is -1.69. The molecule has 8 heavy (non-hydrogen) atoms. The van der Waals surface area contributed by atoms with Gasteiger partial charge in [0.05, 0.1) is 0 Å². The highest BCUT2D eigenvalue weighted by molar-refractivity contribution is 6.30. The highest BCUT2D eigenvalue weighted by Gasteiger charge is 1.92. The predicted octanol–water partition coefficient (Wildman–Crippen LogP) is -5.35. The number of hydrogen-bond acceptors (Lipinski definition) is 3. The molecule has 0 unspecified atom stereocenters. The Morgan fingerprint density at radius 2 is 0.625 bits per heavy atom. The topological polar surface area (TPSA) is 187 Å². The molecule has 0 amide bonds. The van der Waals surface area contributed by atoms with Crippen LogP contribution in [0.3, 0.4) is 0 Å². The van der Waals surface area contributed by atoms with Crippen LogP contribution in [0.15, 0.2) is 0 Å². The minimum Gasteiger partial charge on any atom is -0.412 e. The van der Waals surface area contributed by atoms with E-state index in [9.17, 15) is 0 Å². The van der Waals surface area contributed by atoms with Gasteiger partial charge >= 0.3 is 7.32 Å². The van der Waals surface area contributed by atoms with Crippen molar-refractivity contribution < 1.29 is 37.0 Å². The van der Waals surface area contributed by atoms with E-state index in [1.165, 1.54) is 0 Å². The minimum atomic E-state index is -2.17. The number of rotatable bonds is 0. The largest absolute Gasteiger partial charge is 0.631 e. The first-order valence-corrected chi connectivity index (χ1v) is 0.775. The first-order chi connectivity index (χ1) is 1.73. The second kappa shape index (κ2) is 29.3. The molecule has 0 radical (unpaired) electrons. The van der Waals surface area contributed by atoms with Gasteiger partial charge < -0.3 is 37.0 Å². The Kier molecular flexibility index (Phi) is 169. The Hall–Kier alpha value is -0.215. The lowest BCUT2D eigenvalue weighted by atomic mass is 10.3. The summed E-state index contributed by atoms with van der Waals surface area (Å²) in [6.45, 7) is 0. The summed E-state index contributed by atoms with van der Waals surface area (Å²) in [5, 5.41) is 21.5. The third-order valence-electron chi connectivity index (χ3n) is 0. The Balaban J connectivity index is -0.00000000750. The van der Waals surface area contributed by atoms with Gasteiger partial charge in [-0.25, -0.2) is 0 Å². The lowest BCUT2D eigenvalue weighted by molar-refractivity contribution is 0.278. The van der Waals surface area contributed by atoms with Gasteiger partial charge in [-0.15, -0.1) is 0 Å². The zero-order valence-electron chi connectivity index (χ0n) is 3.92. The van der Waals surface area contributed by atoms with E-state index in [0.29, 0.717) is 0 Å². The van der Waals surface area contributed by atoms with E-state index in [0.717, 1.165) is 0 Å². The molecule has 11 N–H and O–H groups in total. The Morgan fingerprint density at radius 1 is 0.625 bits per heavy atom. The molecule has 0 heterocycles. The summed E-state index contributed by atoms with van der Waals surface area (Å²) >= 11 is 0. The molecule has 0 saturated carbocycles. The van der Waals surface area contributed by atoms with Crippen molar-refractivity contribution in [2.75, 3.05) is 0 Å². The van der Waals surface area contributed by atoms with E-state index in [4.69, 9.17) is 15.1 Å². The van der Waals surface area contributed by atoms with Crippen LogP contribution in [0.5, 0.6) is 0 Å². The van der Waals surface area contributed by atoms with Crippen molar-refractivity contribution in [3.63, 3.8) is 0 Å². The molecule has 0 aliphatic carbocycles. The van der Waals surface area contributed by atoms with E-state index >= 15 is 0 Å². The molecule has 8 heteroatoms. The summed E-state index contributed by atoms with van der Waals surface area (Å²) in [7, 11) is -2.17. The highest BCUT2D eigenvalue weighted by atomic mass is 16.5. The predicted molar refractivity (Wildman–Crippen MR) is 26.9 cm³/mol.